The highest BCUT2D eigenvalue weighted by Crippen LogP contribution is 2.08. The zero-order valence-corrected chi connectivity index (χ0v) is 9.42. The fourth-order valence-electron chi connectivity index (χ4n) is 1.11. The van der Waals surface area contributed by atoms with Crippen molar-refractivity contribution >= 4 is 0 Å². The van der Waals surface area contributed by atoms with E-state index in [9.17, 15) is 0 Å². The number of unbranched alkanes of at least 4 members (excludes halogenated alkanes) is 1. The summed E-state index contributed by atoms with van der Waals surface area (Å²) in [5.74, 6) is 5.28. The van der Waals surface area contributed by atoms with E-state index in [4.69, 9.17) is 12.8 Å². The Balaban J connectivity index is 4.03. The highest BCUT2D eigenvalue weighted by molar-refractivity contribution is 5.27. The van der Waals surface area contributed by atoms with E-state index in [2.05, 4.69) is 24.5 Å². The molecule has 0 spiro atoms. The molecule has 0 saturated carbocycles. The van der Waals surface area contributed by atoms with Crippen LogP contribution >= 0.6 is 0 Å². The monoisotopic (exact) mass is 198 g/mol. The first kappa shape index (κ1) is 13.3. The number of hydrogen-bond donors (Lipinski definition) is 0. The molecule has 0 aliphatic rings. The molecule has 0 rings (SSSR count). The summed E-state index contributed by atoms with van der Waals surface area (Å²) in [5, 5.41) is 0. The lowest BCUT2D eigenvalue weighted by Gasteiger charge is -1.97. The molecular weight excluding hydrogens is 180 g/mol. The minimum atomic E-state index is 0.895. The Labute approximate surface area is 93.8 Å². The first-order chi connectivity index (χ1) is 7.24. The molecule has 0 saturated heterocycles. The standard InChI is InChI=1S/C15H18/c1-5-8-9-12-15(7-3)13-10-11-14(4)6-2/h2-3,5,11-12H,1,8-10,13H2,4H3. The molecule has 0 nitrogen and oxygen atoms in total. The number of rotatable bonds is 6. The van der Waals surface area contributed by atoms with Crippen molar-refractivity contribution in [2.45, 2.75) is 32.6 Å². The third-order valence-corrected chi connectivity index (χ3v) is 2.04. The van der Waals surface area contributed by atoms with Crippen LogP contribution < -0.4 is 0 Å². The van der Waals surface area contributed by atoms with Crippen molar-refractivity contribution in [3.8, 4) is 24.7 Å². The van der Waals surface area contributed by atoms with Gasteiger partial charge in [-0.05, 0) is 43.8 Å². The van der Waals surface area contributed by atoms with E-state index >= 15 is 0 Å². The Morgan fingerprint density at radius 3 is 2.40 bits per heavy atom. The van der Waals surface area contributed by atoms with Crippen LogP contribution in [0.5, 0.6) is 0 Å². The third-order valence-electron chi connectivity index (χ3n) is 2.04. The molecule has 0 fully saturated rings. The van der Waals surface area contributed by atoms with Gasteiger partial charge in [0, 0.05) is 0 Å². The molecule has 0 heteroatoms. The summed E-state index contributed by atoms with van der Waals surface area (Å²) in [4.78, 5) is 0. The van der Waals surface area contributed by atoms with Crippen LogP contribution in [0.1, 0.15) is 32.6 Å². The smallest absolute Gasteiger partial charge is 0.00191 e. The molecule has 0 N–H and O–H groups in total. The van der Waals surface area contributed by atoms with E-state index in [1.165, 1.54) is 0 Å². The first-order valence-corrected chi connectivity index (χ1v) is 5.14. The Bertz CT molecular complexity index is 326. The molecule has 0 aliphatic heterocycles. The fourth-order valence-corrected chi connectivity index (χ4v) is 1.11. The average Bonchev–Trinajstić information content (AvgIpc) is 2.26. The predicted octanol–water partition coefficient (Wildman–Crippen LogP) is 3.87. The van der Waals surface area contributed by atoms with Crippen molar-refractivity contribution in [1.82, 2.24) is 0 Å². The summed E-state index contributed by atoms with van der Waals surface area (Å²) in [6.45, 7) is 5.59. The van der Waals surface area contributed by atoms with Gasteiger partial charge in [0.1, 0.15) is 0 Å². The summed E-state index contributed by atoms with van der Waals surface area (Å²) in [7, 11) is 0. The molecule has 0 radical (unpaired) electrons. The Kier molecular flexibility index (Phi) is 7.93. The minimum Gasteiger partial charge on any atom is -0.115 e. The van der Waals surface area contributed by atoms with Gasteiger partial charge in [0.25, 0.3) is 0 Å². The fraction of sp³-hybridized carbons (Fsp3) is 0.333. The molecule has 0 bridgehead atoms. The van der Waals surface area contributed by atoms with E-state index in [1.54, 1.807) is 0 Å². The van der Waals surface area contributed by atoms with Gasteiger partial charge in [0.2, 0.25) is 0 Å². The van der Waals surface area contributed by atoms with E-state index in [1.807, 2.05) is 19.1 Å². The van der Waals surface area contributed by atoms with Gasteiger partial charge >= 0.3 is 0 Å². The largest absolute Gasteiger partial charge is 0.115 e. The molecule has 0 aromatic rings. The maximum absolute atomic E-state index is 5.40. The maximum atomic E-state index is 5.40. The van der Waals surface area contributed by atoms with Gasteiger partial charge < -0.3 is 0 Å². The molecule has 0 aromatic heterocycles. The van der Waals surface area contributed by atoms with Gasteiger partial charge in [0.15, 0.2) is 0 Å². The van der Waals surface area contributed by atoms with E-state index in [0.29, 0.717) is 0 Å². The molecule has 0 aromatic carbocycles. The second-order valence-corrected chi connectivity index (χ2v) is 3.31. The average molecular weight is 198 g/mol. The van der Waals surface area contributed by atoms with Crippen LogP contribution in [0.2, 0.25) is 0 Å². The van der Waals surface area contributed by atoms with Gasteiger partial charge in [-0.3, -0.25) is 0 Å². The molecule has 0 unspecified atom stereocenters. The van der Waals surface area contributed by atoms with Gasteiger partial charge in [-0.15, -0.1) is 19.4 Å². The van der Waals surface area contributed by atoms with Crippen LogP contribution in [0.3, 0.4) is 0 Å². The van der Waals surface area contributed by atoms with Crippen molar-refractivity contribution in [2.75, 3.05) is 0 Å². The second kappa shape index (κ2) is 8.92. The molecular formula is C15H18. The number of hydrogen-bond acceptors (Lipinski definition) is 0. The highest BCUT2D eigenvalue weighted by atomic mass is 14.0. The number of allylic oxidation sites excluding steroid dienone is 5. The highest BCUT2D eigenvalue weighted by Gasteiger charge is 1.91. The van der Waals surface area contributed by atoms with Crippen LogP contribution in [-0.2, 0) is 0 Å². The van der Waals surface area contributed by atoms with Crippen molar-refractivity contribution in [3.63, 3.8) is 0 Å². The van der Waals surface area contributed by atoms with Crippen LogP contribution in [0.4, 0.5) is 0 Å². The van der Waals surface area contributed by atoms with E-state index in [0.717, 1.165) is 36.8 Å². The van der Waals surface area contributed by atoms with Crippen molar-refractivity contribution in [3.05, 3.63) is 36.0 Å². The quantitative estimate of drug-likeness (QED) is 0.345. The van der Waals surface area contributed by atoms with Gasteiger partial charge in [-0.25, -0.2) is 0 Å². The summed E-state index contributed by atoms with van der Waals surface area (Å²) >= 11 is 0. The molecule has 78 valence electrons. The lowest BCUT2D eigenvalue weighted by molar-refractivity contribution is 0.973. The maximum Gasteiger partial charge on any atom is -0.00191 e. The minimum absolute atomic E-state index is 0.895. The Morgan fingerprint density at radius 2 is 1.87 bits per heavy atom. The Hall–Kier alpha value is -1.66. The van der Waals surface area contributed by atoms with Crippen LogP contribution in [0.25, 0.3) is 0 Å². The lowest BCUT2D eigenvalue weighted by atomic mass is 10.1. The molecule has 0 aliphatic carbocycles. The predicted molar refractivity (Wildman–Crippen MR) is 68.2 cm³/mol. The third kappa shape index (κ3) is 7.41. The molecule has 0 amide bonds. The van der Waals surface area contributed by atoms with Crippen molar-refractivity contribution < 1.29 is 0 Å². The van der Waals surface area contributed by atoms with E-state index < -0.39 is 0 Å². The normalized spacial score (nSPS) is 11.7. The lowest BCUT2D eigenvalue weighted by Crippen LogP contribution is -1.80. The Morgan fingerprint density at radius 1 is 1.13 bits per heavy atom. The van der Waals surface area contributed by atoms with Gasteiger partial charge in [-0.1, -0.05) is 30.1 Å². The van der Waals surface area contributed by atoms with Crippen LogP contribution in [0, 0.1) is 24.7 Å². The van der Waals surface area contributed by atoms with Crippen LogP contribution in [0.15, 0.2) is 36.0 Å². The van der Waals surface area contributed by atoms with E-state index in [-0.39, 0.29) is 0 Å². The van der Waals surface area contributed by atoms with Crippen molar-refractivity contribution in [1.29, 1.82) is 0 Å². The SMILES string of the molecule is C#CC(C)=CCCC(C#C)=CCCC=C. The van der Waals surface area contributed by atoms with Gasteiger partial charge in [-0.2, -0.15) is 0 Å². The topological polar surface area (TPSA) is 0 Å². The van der Waals surface area contributed by atoms with Crippen molar-refractivity contribution in [2.24, 2.45) is 0 Å². The van der Waals surface area contributed by atoms with Gasteiger partial charge in [0.05, 0.1) is 0 Å². The second-order valence-electron chi connectivity index (χ2n) is 3.31. The molecule has 15 heavy (non-hydrogen) atoms. The zero-order valence-electron chi connectivity index (χ0n) is 9.42. The zero-order chi connectivity index (χ0) is 11.5. The molecule has 0 atom stereocenters. The van der Waals surface area contributed by atoms with Crippen LogP contribution in [-0.4, -0.2) is 0 Å². The summed E-state index contributed by atoms with van der Waals surface area (Å²) in [6, 6.07) is 0. The number of terminal acetylenes is 2. The first-order valence-electron chi connectivity index (χ1n) is 5.14. The summed E-state index contributed by atoms with van der Waals surface area (Å²) in [6.07, 6.45) is 20.4. The summed E-state index contributed by atoms with van der Waals surface area (Å²) < 4.78 is 0. The summed E-state index contributed by atoms with van der Waals surface area (Å²) in [5.41, 5.74) is 2.02. The molecule has 0 heterocycles.